The monoisotopic (exact) mass is 222 g/mol. The minimum atomic E-state index is -0.929. The van der Waals surface area contributed by atoms with Crippen LogP contribution in [0.1, 0.15) is 43.6 Å². The molecule has 0 spiro atoms. The van der Waals surface area contributed by atoms with Gasteiger partial charge in [0.2, 0.25) is 0 Å². The summed E-state index contributed by atoms with van der Waals surface area (Å²) in [5, 5.41) is 8.92. The van der Waals surface area contributed by atoms with E-state index in [0.717, 1.165) is 5.56 Å². The van der Waals surface area contributed by atoms with Crippen LogP contribution in [0.5, 0.6) is 5.75 Å². The molecule has 0 aliphatic heterocycles. The third kappa shape index (κ3) is 2.75. The fourth-order valence-electron chi connectivity index (χ4n) is 1.55. The first kappa shape index (κ1) is 12.6. The first-order valence-corrected chi connectivity index (χ1v) is 5.37. The van der Waals surface area contributed by atoms with Crippen LogP contribution in [-0.2, 0) is 5.41 Å². The summed E-state index contributed by atoms with van der Waals surface area (Å²) in [4.78, 5) is 10.9. The molecule has 0 saturated carbocycles. The molecule has 0 atom stereocenters. The van der Waals surface area contributed by atoms with Crippen LogP contribution in [-0.4, -0.2) is 17.7 Å². The van der Waals surface area contributed by atoms with Crippen LogP contribution in [0.25, 0.3) is 0 Å². The molecule has 1 N–H and O–H groups in total. The highest BCUT2D eigenvalue weighted by Gasteiger charge is 2.20. The number of hydrogen-bond donors (Lipinski definition) is 1. The molecule has 1 aromatic rings. The molecule has 0 bridgehead atoms. The predicted octanol–water partition coefficient (Wildman–Crippen LogP) is 3.08. The van der Waals surface area contributed by atoms with Crippen molar-refractivity contribution in [3.63, 3.8) is 0 Å². The number of hydrogen-bond acceptors (Lipinski definition) is 2. The SMILES string of the molecule is CCOc1cc(C(=O)O)ccc1C(C)(C)C. The Morgan fingerprint density at radius 2 is 2.00 bits per heavy atom. The smallest absolute Gasteiger partial charge is 0.335 e. The van der Waals surface area contributed by atoms with Crippen LogP contribution in [0.3, 0.4) is 0 Å². The summed E-state index contributed by atoms with van der Waals surface area (Å²) in [5.41, 5.74) is 1.23. The molecule has 3 nitrogen and oxygen atoms in total. The van der Waals surface area contributed by atoms with E-state index in [1.54, 1.807) is 12.1 Å². The Morgan fingerprint density at radius 3 is 2.44 bits per heavy atom. The average molecular weight is 222 g/mol. The lowest BCUT2D eigenvalue weighted by Gasteiger charge is -2.22. The summed E-state index contributed by atoms with van der Waals surface area (Å²) < 4.78 is 5.49. The van der Waals surface area contributed by atoms with E-state index < -0.39 is 5.97 Å². The van der Waals surface area contributed by atoms with Crippen molar-refractivity contribution >= 4 is 5.97 Å². The first-order valence-electron chi connectivity index (χ1n) is 5.37. The van der Waals surface area contributed by atoms with Crippen LogP contribution < -0.4 is 4.74 Å². The lowest BCUT2D eigenvalue weighted by molar-refractivity contribution is 0.0696. The van der Waals surface area contributed by atoms with E-state index in [4.69, 9.17) is 9.84 Å². The summed E-state index contributed by atoms with van der Waals surface area (Å²) in [6.45, 7) is 8.65. The highest BCUT2D eigenvalue weighted by atomic mass is 16.5. The normalized spacial score (nSPS) is 11.2. The van der Waals surface area contributed by atoms with Gasteiger partial charge in [-0.1, -0.05) is 26.8 Å². The maximum Gasteiger partial charge on any atom is 0.335 e. The van der Waals surface area contributed by atoms with Crippen molar-refractivity contribution < 1.29 is 14.6 Å². The summed E-state index contributed by atoms with van der Waals surface area (Å²) in [6, 6.07) is 5.03. The fraction of sp³-hybridized carbons (Fsp3) is 0.462. The Balaban J connectivity index is 3.24. The Kier molecular flexibility index (Phi) is 3.58. The van der Waals surface area contributed by atoms with Crippen molar-refractivity contribution in [3.8, 4) is 5.75 Å². The van der Waals surface area contributed by atoms with Gasteiger partial charge >= 0.3 is 5.97 Å². The van der Waals surface area contributed by atoms with Gasteiger partial charge in [-0.05, 0) is 30.0 Å². The maximum absolute atomic E-state index is 10.9. The van der Waals surface area contributed by atoms with Crippen molar-refractivity contribution in [1.82, 2.24) is 0 Å². The fourth-order valence-corrected chi connectivity index (χ4v) is 1.55. The van der Waals surface area contributed by atoms with Crippen LogP contribution in [0.2, 0.25) is 0 Å². The van der Waals surface area contributed by atoms with E-state index >= 15 is 0 Å². The second-order valence-corrected chi connectivity index (χ2v) is 4.70. The zero-order valence-corrected chi connectivity index (χ0v) is 10.2. The minimum Gasteiger partial charge on any atom is -0.494 e. The molecule has 0 fully saturated rings. The average Bonchev–Trinajstić information content (AvgIpc) is 2.16. The summed E-state index contributed by atoms with van der Waals surface area (Å²) >= 11 is 0. The lowest BCUT2D eigenvalue weighted by atomic mass is 9.86. The summed E-state index contributed by atoms with van der Waals surface area (Å²) in [5.74, 6) is -0.267. The van der Waals surface area contributed by atoms with E-state index in [2.05, 4.69) is 20.8 Å². The molecule has 1 rings (SSSR count). The van der Waals surface area contributed by atoms with Crippen molar-refractivity contribution in [1.29, 1.82) is 0 Å². The largest absolute Gasteiger partial charge is 0.494 e. The third-order valence-electron chi connectivity index (χ3n) is 2.34. The molecule has 0 aromatic heterocycles. The number of aromatic carboxylic acids is 1. The van der Waals surface area contributed by atoms with Crippen LogP contribution in [0.4, 0.5) is 0 Å². The van der Waals surface area contributed by atoms with E-state index in [-0.39, 0.29) is 11.0 Å². The molecule has 0 unspecified atom stereocenters. The predicted molar refractivity (Wildman–Crippen MR) is 63.3 cm³/mol. The molecule has 88 valence electrons. The number of ether oxygens (including phenoxy) is 1. The molecule has 0 saturated heterocycles. The van der Waals surface area contributed by atoms with E-state index in [1.807, 2.05) is 13.0 Å². The van der Waals surface area contributed by atoms with Crippen LogP contribution in [0.15, 0.2) is 18.2 Å². The van der Waals surface area contributed by atoms with Gasteiger partial charge in [0.15, 0.2) is 0 Å². The van der Waals surface area contributed by atoms with Crippen molar-refractivity contribution in [2.75, 3.05) is 6.61 Å². The van der Waals surface area contributed by atoms with Crippen LogP contribution >= 0.6 is 0 Å². The molecule has 16 heavy (non-hydrogen) atoms. The van der Waals surface area contributed by atoms with Gasteiger partial charge in [0.25, 0.3) is 0 Å². The van der Waals surface area contributed by atoms with Crippen molar-refractivity contribution in [2.45, 2.75) is 33.1 Å². The van der Waals surface area contributed by atoms with Gasteiger partial charge in [-0.25, -0.2) is 4.79 Å². The van der Waals surface area contributed by atoms with Crippen molar-refractivity contribution in [3.05, 3.63) is 29.3 Å². The van der Waals surface area contributed by atoms with E-state index in [1.165, 1.54) is 0 Å². The van der Waals surface area contributed by atoms with Gasteiger partial charge in [-0.3, -0.25) is 0 Å². The third-order valence-corrected chi connectivity index (χ3v) is 2.34. The highest BCUT2D eigenvalue weighted by Crippen LogP contribution is 2.32. The first-order chi connectivity index (χ1) is 7.36. The van der Waals surface area contributed by atoms with E-state index in [0.29, 0.717) is 12.4 Å². The molecule has 0 amide bonds. The van der Waals surface area contributed by atoms with Crippen molar-refractivity contribution in [2.24, 2.45) is 0 Å². The summed E-state index contributed by atoms with van der Waals surface area (Å²) in [7, 11) is 0. The topological polar surface area (TPSA) is 46.5 Å². The second kappa shape index (κ2) is 4.56. The lowest BCUT2D eigenvalue weighted by Crippen LogP contribution is -2.14. The molecule has 3 heteroatoms. The zero-order valence-electron chi connectivity index (χ0n) is 10.2. The Morgan fingerprint density at radius 1 is 1.38 bits per heavy atom. The van der Waals surface area contributed by atoms with E-state index in [9.17, 15) is 4.79 Å². The molecule has 1 aromatic carbocycles. The Hall–Kier alpha value is -1.51. The number of rotatable bonds is 3. The zero-order chi connectivity index (χ0) is 12.3. The molecule has 0 radical (unpaired) electrons. The second-order valence-electron chi connectivity index (χ2n) is 4.70. The van der Waals surface area contributed by atoms with Gasteiger partial charge < -0.3 is 9.84 Å². The quantitative estimate of drug-likeness (QED) is 0.854. The molecule has 0 aliphatic rings. The maximum atomic E-state index is 10.9. The van der Waals surface area contributed by atoms with Crippen LogP contribution in [0, 0.1) is 0 Å². The van der Waals surface area contributed by atoms with Gasteiger partial charge in [0.05, 0.1) is 12.2 Å². The standard InChI is InChI=1S/C13H18O3/c1-5-16-11-8-9(12(14)15)6-7-10(11)13(2,3)4/h6-8H,5H2,1-4H3,(H,14,15). The Bertz CT molecular complexity index is 389. The van der Waals surface area contributed by atoms with Gasteiger partial charge in [0.1, 0.15) is 5.75 Å². The Labute approximate surface area is 96.1 Å². The number of carbonyl (C=O) groups is 1. The molecular formula is C13H18O3. The van der Waals surface area contributed by atoms with Gasteiger partial charge in [0, 0.05) is 0 Å². The molecular weight excluding hydrogens is 204 g/mol. The molecule has 0 heterocycles. The molecule has 0 aliphatic carbocycles. The summed E-state index contributed by atoms with van der Waals surface area (Å²) in [6.07, 6.45) is 0. The number of benzene rings is 1. The highest BCUT2D eigenvalue weighted by molar-refractivity contribution is 5.88. The minimum absolute atomic E-state index is 0.0540. The number of carboxylic acids is 1. The number of carboxylic acid groups (broad SMARTS) is 1. The van der Waals surface area contributed by atoms with Gasteiger partial charge in [-0.2, -0.15) is 0 Å². The van der Waals surface area contributed by atoms with Gasteiger partial charge in [-0.15, -0.1) is 0 Å².